The van der Waals surface area contributed by atoms with Crippen LogP contribution in [0.4, 0.5) is 0 Å². The fraction of sp³-hybridized carbons (Fsp3) is 0.500. The van der Waals surface area contributed by atoms with Gasteiger partial charge in [0.25, 0.3) is 0 Å². The highest BCUT2D eigenvalue weighted by molar-refractivity contribution is 7.53. The van der Waals surface area contributed by atoms with Crippen LogP contribution >= 0.6 is 7.60 Å². The van der Waals surface area contributed by atoms with Crippen LogP contribution in [0.2, 0.25) is 0 Å². The molecule has 2 aromatic rings. The Hall–Kier alpha value is -1.53. The van der Waals surface area contributed by atoms with Crippen molar-refractivity contribution in [2.24, 2.45) is 0 Å². The first-order valence-electron chi connectivity index (χ1n) is 11.2. The number of piperazine rings is 1. The zero-order valence-electron chi connectivity index (χ0n) is 18.6. The van der Waals surface area contributed by atoms with E-state index in [0.29, 0.717) is 25.9 Å². The average molecular weight is 447 g/mol. The Kier molecular flexibility index (Phi) is 9.27. The lowest BCUT2D eigenvalue weighted by molar-refractivity contribution is 0.0174. The van der Waals surface area contributed by atoms with Crippen LogP contribution < -0.4 is 0 Å². The van der Waals surface area contributed by atoms with Crippen molar-refractivity contribution in [3.05, 3.63) is 71.8 Å². The molecule has 0 spiro atoms. The summed E-state index contributed by atoms with van der Waals surface area (Å²) in [6.45, 7) is 8.50. The van der Waals surface area contributed by atoms with E-state index in [1.807, 2.05) is 62.4 Å². The molecule has 1 aliphatic heterocycles. The molecule has 0 aromatic heterocycles. The molecule has 2 aromatic carbocycles. The Morgan fingerprint density at radius 2 is 1.39 bits per heavy atom. The zero-order valence-corrected chi connectivity index (χ0v) is 19.5. The van der Waals surface area contributed by atoms with Crippen LogP contribution in [0.1, 0.15) is 37.1 Å². The van der Waals surface area contributed by atoms with Crippen LogP contribution in [-0.4, -0.2) is 67.0 Å². The van der Waals surface area contributed by atoms with E-state index in [1.54, 1.807) is 0 Å². The average Bonchev–Trinajstić information content (AvgIpc) is 2.80. The number of hydrogen-bond donors (Lipinski definition) is 1. The summed E-state index contributed by atoms with van der Waals surface area (Å²) in [5, 5.41) is 11.3. The fourth-order valence-electron chi connectivity index (χ4n) is 4.16. The molecule has 170 valence electrons. The van der Waals surface area contributed by atoms with Gasteiger partial charge in [0.15, 0.2) is 0 Å². The minimum absolute atomic E-state index is 0.108. The summed E-state index contributed by atoms with van der Waals surface area (Å²) < 4.78 is 23.6. The maximum atomic E-state index is 12.7. The molecule has 1 saturated heterocycles. The first-order valence-corrected chi connectivity index (χ1v) is 12.9. The molecular weight excluding hydrogens is 411 g/mol. The van der Waals surface area contributed by atoms with Gasteiger partial charge in [-0.15, -0.1) is 0 Å². The van der Waals surface area contributed by atoms with Gasteiger partial charge in [0, 0.05) is 32.7 Å². The van der Waals surface area contributed by atoms with Crippen molar-refractivity contribution in [3.63, 3.8) is 0 Å². The Morgan fingerprint density at radius 3 is 1.90 bits per heavy atom. The lowest BCUT2D eigenvalue weighted by Crippen LogP contribution is -2.49. The van der Waals surface area contributed by atoms with Crippen molar-refractivity contribution >= 4 is 7.60 Å². The van der Waals surface area contributed by atoms with Gasteiger partial charge >= 0.3 is 7.60 Å². The van der Waals surface area contributed by atoms with E-state index >= 15 is 0 Å². The van der Waals surface area contributed by atoms with Crippen molar-refractivity contribution < 1.29 is 18.7 Å². The predicted octanol–water partition coefficient (Wildman–Crippen LogP) is 4.35. The van der Waals surface area contributed by atoms with Gasteiger partial charge in [-0.2, -0.15) is 0 Å². The molecule has 1 aliphatic rings. The smallest absolute Gasteiger partial charge is 0.331 e. The van der Waals surface area contributed by atoms with E-state index in [4.69, 9.17) is 9.05 Å². The van der Waals surface area contributed by atoms with Gasteiger partial charge in [0.2, 0.25) is 0 Å². The summed E-state index contributed by atoms with van der Waals surface area (Å²) in [6, 6.07) is 20.0. The Morgan fingerprint density at radius 1 is 0.871 bits per heavy atom. The normalized spacial score (nSPS) is 18.0. The molecule has 0 radical (unpaired) electrons. The van der Waals surface area contributed by atoms with E-state index in [9.17, 15) is 9.67 Å². The molecule has 0 unspecified atom stereocenters. The van der Waals surface area contributed by atoms with Gasteiger partial charge in [-0.25, -0.2) is 0 Å². The molecule has 0 saturated carbocycles. The molecule has 0 bridgehead atoms. The summed E-state index contributed by atoms with van der Waals surface area (Å²) in [7, 11) is -3.02. The summed E-state index contributed by atoms with van der Waals surface area (Å²) in [5.74, 6) is 0. The number of benzene rings is 2. The Bertz CT molecular complexity index is 803. The summed E-state index contributed by atoms with van der Waals surface area (Å²) in [6.07, 6.45) is -0.199. The quantitative estimate of drug-likeness (QED) is 0.518. The number of rotatable bonds is 11. The van der Waals surface area contributed by atoms with E-state index < -0.39 is 13.7 Å². The largest absolute Gasteiger partial charge is 0.386 e. The van der Waals surface area contributed by atoms with Crippen molar-refractivity contribution in [2.45, 2.75) is 26.0 Å². The first-order chi connectivity index (χ1) is 15.1. The zero-order chi connectivity index (χ0) is 22.1. The lowest BCUT2D eigenvalue weighted by atomic mass is 9.94. The molecular formula is C24H35N2O4P. The summed E-state index contributed by atoms with van der Waals surface area (Å²) in [5.41, 5.74) is 2.04. The maximum absolute atomic E-state index is 12.7. The third-order valence-corrected chi connectivity index (χ3v) is 7.77. The standard InChI is InChI=1S/C24H35N2O4P/c1-3-29-31(28,30-4-2)20-19-25-15-17-26(18-16-25)23(21-11-7-5-8-12-21)24(27)22-13-9-6-10-14-22/h5-14,23-24,27H,3-4,15-20H2,1-2H3/t23-,24+/m0/s1. The minimum atomic E-state index is -3.02. The van der Waals surface area contributed by atoms with Crippen molar-refractivity contribution in [2.75, 3.05) is 52.1 Å². The molecule has 1 heterocycles. The SMILES string of the molecule is CCOP(=O)(CCN1CCN([C@@H](c2ccccc2)[C@H](O)c2ccccc2)CC1)OCC. The van der Waals surface area contributed by atoms with Gasteiger partial charge in [-0.05, 0) is 25.0 Å². The molecule has 0 amide bonds. The Balaban J connectivity index is 1.65. The van der Waals surface area contributed by atoms with E-state index in [-0.39, 0.29) is 6.04 Å². The number of aliphatic hydroxyl groups is 1. The molecule has 6 nitrogen and oxygen atoms in total. The van der Waals surface area contributed by atoms with Crippen LogP contribution in [0.15, 0.2) is 60.7 Å². The van der Waals surface area contributed by atoms with E-state index in [2.05, 4.69) is 21.9 Å². The highest BCUT2D eigenvalue weighted by Crippen LogP contribution is 2.47. The minimum Gasteiger partial charge on any atom is -0.386 e. The highest BCUT2D eigenvalue weighted by atomic mass is 31.2. The molecule has 2 atom stereocenters. The maximum Gasteiger partial charge on any atom is 0.331 e. The van der Waals surface area contributed by atoms with E-state index in [0.717, 1.165) is 37.3 Å². The van der Waals surface area contributed by atoms with Gasteiger partial charge < -0.3 is 19.1 Å². The van der Waals surface area contributed by atoms with Crippen molar-refractivity contribution in [1.29, 1.82) is 0 Å². The summed E-state index contributed by atoms with van der Waals surface area (Å²) in [4.78, 5) is 4.66. The van der Waals surface area contributed by atoms with E-state index in [1.165, 1.54) is 0 Å². The number of aliphatic hydroxyl groups excluding tert-OH is 1. The van der Waals surface area contributed by atoms with Gasteiger partial charge in [0.05, 0.1) is 31.5 Å². The van der Waals surface area contributed by atoms with Gasteiger partial charge in [-0.3, -0.25) is 9.46 Å². The second kappa shape index (κ2) is 11.9. The van der Waals surface area contributed by atoms with Crippen LogP contribution in [0, 0.1) is 0 Å². The third-order valence-electron chi connectivity index (χ3n) is 5.72. The monoisotopic (exact) mass is 446 g/mol. The lowest BCUT2D eigenvalue weighted by Gasteiger charge is -2.41. The predicted molar refractivity (Wildman–Crippen MR) is 124 cm³/mol. The van der Waals surface area contributed by atoms with Gasteiger partial charge in [0.1, 0.15) is 0 Å². The van der Waals surface area contributed by atoms with Gasteiger partial charge in [-0.1, -0.05) is 60.7 Å². The highest BCUT2D eigenvalue weighted by Gasteiger charge is 2.32. The topological polar surface area (TPSA) is 62.2 Å². The van der Waals surface area contributed by atoms with Crippen LogP contribution in [0.3, 0.4) is 0 Å². The Labute approximate surface area is 186 Å². The van der Waals surface area contributed by atoms with Crippen LogP contribution in [-0.2, 0) is 13.6 Å². The van der Waals surface area contributed by atoms with Crippen LogP contribution in [0.5, 0.6) is 0 Å². The summed E-state index contributed by atoms with van der Waals surface area (Å²) >= 11 is 0. The molecule has 7 heteroatoms. The third kappa shape index (κ3) is 6.72. The molecule has 31 heavy (non-hydrogen) atoms. The van der Waals surface area contributed by atoms with Crippen LogP contribution in [0.25, 0.3) is 0 Å². The number of nitrogens with zero attached hydrogens (tertiary/aromatic N) is 2. The number of hydrogen-bond acceptors (Lipinski definition) is 6. The molecule has 0 aliphatic carbocycles. The van der Waals surface area contributed by atoms with Crippen molar-refractivity contribution in [3.8, 4) is 0 Å². The second-order valence-corrected chi connectivity index (χ2v) is 9.94. The molecule has 1 N–H and O–H groups in total. The fourth-order valence-corrected chi connectivity index (χ4v) is 5.81. The van der Waals surface area contributed by atoms with Crippen molar-refractivity contribution in [1.82, 2.24) is 9.80 Å². The molecule has 3 rings (SSSR count). The molecule has 1 fully saturated rings. The second-order valence-electron chi connectivity index (χ2n) is 7.76. The first kappa shape index (κ1) is 24.1.